The quantitative estimate of drug-likeness (QED) is 0.683. The minimum Gasteiger partial charge on any atom is -0.356 e. The van der Waals surface area contributed by atoms with E-state index < -0.39 is 10.0 Å². The summed E-state index contributed by atoms with van der Waals surface area (Å²) in [5.41, 5.74) is 1.16. The number of nitrogens with one attached hydrogen (secondary N) is 1. The fraction of sp³-hybridized carbons (Fsp3) is 0.632. The highest BCUT2D eigenvalue weighted by atomic mass is 32.2. The molecule has 1 saturated heterocycles. The number of nitrogens with zero attached hydrogens (tertiary/aromatic N) is 1. The molecule has 1 aliphatic heterocycles. The summed E-state index contributed by atoms with van der Waals surface area (Å²) in [5, 5.41) is 2.93. The monoisotopic (exact) mass is 366 g/mol. The van der Waals surface area contributed by atoms with Crippen LogP contribution >= 0.6 is 0 Å². The molecule has 25 heavy (non-hydrogen) atoms. The number of rotatable bonds is 9. The maximum Gasteiger partial charge on any atom is 0.224 e. The van der Waals surface area contributed by atoms with Crippen molar-refractivity contribution < 1.29 is 13.2 Å². The average Bonchev–Trinajstić information content (AvgIpc) is 2.63. The number of aryl methyl sites for hydroxylation is 1. The van der Waals surface area contributed by atoms with Crippen molar-refractivity contribution in [3.63, 3.8) is 0 Å². The zero-order valence-corrected chi connectivity index (χ0v) is 15.9. The van der Waals surface area contributed by atoms with E-state index in [-0.39, 0.29) is 17.6 Å². The van der Waals surface area contributed by atoms with Gasteiger partial charge in [-0.3, -0.25) is 4.79 Å². The zero-order chi connectivity index (χ0) is 18.1. The Hall–Kier alpha value is -1.40. The number of benzene rings is 1. The van der Waals surface area contributed by atoms with Gasteiger partial charge in [0, 0.05) is 19.6 Å². The van der Waals surface area contributed by atoms with Crippen LogP contribution in [0, 0.1) is 5.92 Å². The first kappa shape index (κ1) is 19.9. The number of hydrogen-bond donors (Lipinski definition) is 1. The summed E-state index contributed by atoms with van der Waals surface area (Å²) < 4.78 is 26.7. The second-order valence-electron chi connectivity index (χ2n) is 6.75. The van der Waals surface area contributed by atoms with Gasteiger partial charge in [-0.05, 0) is 37.7 Å². The van der Waals surface area contributed by atoms with E-state index in [0.29, 0.717) is 26.1 Å². The molecule has 1 N–H and O–H groups in total. The van der Waals surface area contributed by atoms with E-state index in [0.717, 1.165) is 37.7 Å². The van der Waals surface area contributed by atoms with Crippen LogP contribution in [0.5, 0.6) is 0 Å². The van der Waals surface area contributed by atoms with Crippen molar-refractivity contribution in [2.75, 3.05) is 25.4 Å². The summed E-state index contributed by atoms with van der Waals surface area (Å²) >= 11 is 0. The van der Waals surface area contributed by atoms with Crippen LogP contribution in [0.2, 0.25) is 0 Å². The summed E-state index contributed by atoms with van der Waals surface area (Å²) in [7, 11) is -3.29. The highest BCUT2D eigenvalue weighted by molar-refractivity contribution is 7.89. The second kappa shape index (κ2) is 9.92. The van der Waals surface area contributed by atoms with Gasteiger partial charge in [-0.25, -0.2) is 12.7 Å². The van der Waals surface area contributed by atoms with Crippen molar-refractivity contribution in [3.8, 4) is 0 Å². The number of unbranched alkanes of at least 4 members (excludes halogenated alkanes) is 1. The molecule has 140 valence electrons. The molecule has 0 radical (unpaired) electrons. The summed E-state index contributed by atoms with van der Waals surface area (Å²) in [6, 6.07) is 9.93. The van der Waals surface area contributed by atoms with E-state index in [1.54, 1.807) is 0 Å². The molecule has 0 saturated carbocycles. The molecule has 0 bridgehead atoms. The molecule has 1 amide bonds. The smallest absolute Gasteiger partial charge is 0.224 e. The Labute approximate surface area is 151 Å². The molecule has 1 heterocycles. The Balaban J connectivity index is 1.82. The van der Waals surface area contributed by atoms with E-state index in [4.69, 9.17) is 0 Å². The molecule has 6 heteroatoms. The molecular formula is C19H30N2O3S. The van der Waals surface area contributed by atoms with Gasteiger partial charge in [0.05, 0.1) is 11.7 Å². The van der Waals surface area contributed by atoms with Gasteiger partial charge in [0.25, 0.3) is 0 Å². The molecule has 1 unspecified atom stereocenters. The highest BCUT2D eigenvalue weighted by Gasteiger charge is 2.31. The van der Waals surface area contributed by atoms with Crippen molar-refractivity contribution in [2.45, 2.75) is 45.4 Å². The van der Waals surface area contributed by atoms with Crippen LogP contribution in [0.4, 0.5) is 0 Å². The molecule has 5 nitrogen and oxygen atoms in total. The normalized spacial score (nSPS) is 18.8. The maximum atomic E-state index is 12.6. The highest BCUT2D eigenvalue weighted by Crippen LogP contribution is 2.20. The van der Waals surface area contributed by atoms with Gasteiger partial charge in [-0.15, -0.1) is 0 Å². The number of amides is 1. The first-order valence-electron chi connectivity index (χ1n) is 9.32. The lowest BCUT2D eigenvalue weighted by Gasteiger charge is -2.31. The summed E-state index contributed by atoms with van der Waals surface area (Å²) in [6.07, 6.45) is 4.88. The largest absolute Gasteiger partial charge is 0.356 e. The lowest BCUT2D eigenvalue weighted by atomic mass is 9.99. The van der Waals surface area contributed by atoms with Crippen LogP contribution in [0.25, 0.3) is 0 Å². The van der Waals surface area contributed by atoms with Crippen molar-refractivity contribution in [2.24, 2.45) is 5.92 Å². The predicted octanol–water partition coefficient (Wildman–Crippen LogP) is 2.58. The molecule has 1 aromatic carbocycles. The summed E-state index contributed by atoms with van der Waals surface area (Å²) in [5.74, 6) is -0.0707. The Morgan fingerprint density at radius 2 is 2.00 bits per heavy atom. The van der Waals surface area contributed by atoms with Crippen LogP contribution < -0.4 is 5.32 Å². The van der Waals surface area contributed by atoms with Gasteiger partial charge in [0.2, 0.25) is 15.9 Å². The number of hydrogen-bond acceptors (Lipinski definition) is 3. The molecule has 0 aromatic heterocycles. The number of carbonyl (C=O) groups excluding carboxylic acids is 1. The average molecular weight is 367 g/mol. The van der Waals surface area contributed by atoms with Crippen LogP contribution in [-0.2, 0) is 21.2 Å². The van der Waals surface area contributed by atoms with E-state index in [1.165, 1.54) is 4.31 Å². The Bertz CT molecular complexity index is 631. The SMILES string of the molecule is CCCCNC(=O)C1CCCN(S(=O)(=O)CCCc2ccccc2)C1. The number of piperidine rings is 1. The lowest BCUT2D eigenvalue weighted by molar-refractivity contribution is -0.126. The molecule has 1 fully saturated rings. The van der Waals surface area contributed by atoms with Crippen molar-refractivity contribution >= 4 is 15.9 Å². The Morgan fingerprint density at radius 1 is 1.24 bits per heavy atom. The minimum atomic E-state index is -3.29. The predicted molar refractivity (Wildman–Crippen MR) is 101 cm³/mol. The van der Waals surface area contributed by atoms with Crippen LogP contribution in [-0.4, -0.2) is 44.0 Å². The third-order valence-corrected chi connectivity index (χ3v) is 6.61. The Morgan fingerprint density at radius 3 is 2.72 bits per heavy atom. The second-order valence-corrected chi connectivity index (χ2v) is 8.84. The minimum absolute atomic E-state index is 0.00219. The van der Waals surface area contributed by atoms with Gasteiger partial charge in [0.1, 0.15) is 0 Å². The fourth-order valence-corrected chi connectivity index (χ4v) is 4.76. The van der Waals surface area contributed by atoms with Gasteiger partial charge in [-0.1, -0.05) is 43.7 Å². The third kappa shape index (κ3) is 6.44. The van der Waals surface area contributed by atoms with Gasteiger partial charge in [-0.2, -0.15) is 0 Å². The van der Waals surface area contributed by atoms with Gasteiger partial charge >= 0.3 is 0 Å². The van der Waals surface area contributed by atoms with Crippen molar-refractivity contribution in [3.05, 3.63) is 35.9 Å². The molecule has 1 aliphatic rings. The molecule has 0 spiro atoms. The topological polar surface area (TPSA) is 66.5 Å². The fourth-order valence-electron chi connectivity index (χ4n) is 3.17. The summed E-state index contributed by atoms with van der Waals surface area (Å²) in [4.78, 5) is 12.2. The van der Waals surface area contributed by atoms with E-state index in [9.17, 15) is 13.2 Å². The molecule has 2 rings (SSSR count). The molecular weight excluding hydrogens is 336 g/mol. The van der Waals surface area contributed by atoms with Crippen LogP contribution in [0.3, 0.4) is 0 Å². The van der Waals surface area contributed by atoms with E-state index in [2.05, 4.69) is 12.2 Å². The first-order chi connectivity index (χ1) is 12.0. The zero-order valence-electron chi connectivity index (χ0n) is 15.1. The molecule has 0 aliphatic carbocycles. The number of carbonyl (C=O) groups is 1. The lowest BCUT2D eigenvalue weighted by Crippen LogP contribution is -2.46. The van der Waals surface area contributed by atoms with E-state index >= 15 is 0 Å². The van der Waals surface area contributed by atoms with Crippen LogP contribution in [0.1, 0.15) is 44.6 Å². The summed E-state index contributed by atoms with van der Waals surface area (Å²) in [6.45, 7) is 3.62. The van der Waals surface area contributed by atoms with Crippen LogP contribution in [0.15, 0.2) is 30.3 Å². The van der Waals surface area contributed by atoms with Crippen molar-refractivity contribution in [1.82, 2.24) is 9.62 Å². The third-order valence-electron chi connectivity index (χ3n) is 4.69. The first-order valence-corrected chi connectivity index (χ1v) is 10.9. The van der Waals surface area contributed by atoms with E-state index in [1.807, 2.05) is 30.3 Å². The Kier molecular flexibility index (Phi) is 7.90. The van der Waals surface area contributed by atoms with Gasteiger partial charge < -0.3 is 5.32 Å². The van der Waals surface area contributed by atoms with Gasteiger partial charge in [0.15, 0.2) is 0 Å². The number of sulfonamides is 1. The molecule has 1 atom stereocenters. The maximum absolute atomic E-state index is 12.6. The standard InChI is InChI=1S/C19H30N2O3S/c1-2-3-13-20-19(22)18-12-7-14-21(16-18)25(23,24)15-8-11-17-9-5-4-6-10-17/h4-6,9-10,18H,2-3,7-8,11-16H2,1H3,(H,20,22). The van der Waals surface area contributed by atoms with Crippen molar-refractivity contribution in [1.29, 1.82) is 0 Å². The molecule has 1 aromatic rings.